The first kappa shape index (κ1) is 16.4. The summed E-state index contributed by atoms with van der Waals surface area (Å²) in [5.41, 5.74) is 0.785. The number of rotatable bonds is 8. The Morgan fingerprint density at radius 3 is 2.60 bits per heavy atom. The lowest BCUT2D eigenvalue weighted by atomic mass is 10.2. The molecule has 0 amide bonds. The minimum atomic E-state index is -2.86. The molecule has 0 aliphatic carbocycles. The molecule has 20 heavy (non-hydrogen) atoms. The molecule has 0 saturated heterocycles. The number of nitrogens with one attached hydrogen (secondary N) is 1. The maximum atomic E-state index is 12.3. The largest absolute Gasteiger partial charge is 0.493 e. The van der Waals surface area contributed by atoms with Gasteiger partial charge in [0.2, 0.25) is 0 Å². The highest BCUT2D eigenvalue weighted by Gasteiger charge is 2.10. The molecule has 1 rings (SSSR count). The van der Waals surface area contributed by atoms with E-state index in [4.69, 9.17) is 4.74 Å². The lowest BCUT2D eigenvalue weighted by molar-refractivity contribution is -0.0512. The molecule has 0 aliphatic heterocycles. The lowest BCUT2D eigenvalue weighted by Gasteiger charge is -2.10. The van der Waals surface area contributed by atoms with Gasteiger partial charge in [-0.2, -0.15) is 8.78 Å². The third kappa shape index (κ3) is 6.02. The van der Waals surface area contributed by atoms with Crippen molar-refractivity contribution in [2.75, 3.05) is 20.2 Å². The average Bonchev–Trinajstić information content (AvgIpc) is 2.37. The highest BCUT2D eigenvalue weighted by molar-refractivity contribution is 5.56. The fraction of sp³-hybridized carbons (Fsp3) is 0.467. The molecule has 0 atom stereocenters. The molecule has 0 fully saturated rings. The number of methoxy groups -OCH3 is 1. The van der Waals surface area contributed by atoms with Crippen molar-refractivity contribution in [1.82, 2.24) is 5.32 Å². The molecule has 112 valence electrons. The van der Waals surface area contributed by atoms with E-state index < -0.39 is 6.61 Å². The first-order valence-corrected chi connectivity index (χ1v) is 6.53. The van der Waals surface area contributed by atoms with E-state index in [1.807, 2.05) is 12.2 Å². The number of halogens is 2. The smallest absolute Gasteiger partial charge is 0.387 e. The number of benzene rings is 1. The topological polar surface area (TPSA) is 30.5 Å². The van der Waals surface area contributed by atoms with E-state index in [1.54, 1.807) is 12.1 Å². The SMILES string of the molecule is COc1ccc(C=CCNCC(C)C)cc1OC(F)F. The highest BCUT2D eigenvalue weighted by Crippen LogP contribution is 2.29. The van der Waals surface area contributed by atoms with E-state index in [0.717, 1.165) is 18.7 Å². The second-order valence-electron chi connectivity index (χ2n) is 4.74. The molecule has 0 heterocycles. The van der Waals surface area contributed by atoms with Crippen LogP contribution in [-0.2, 0) is 0 Å². The summed E-state index contributed by atoms with van der Waals surface area (Å²) in [6, 6.07) is 4.93. The van der Waals surface area contributed by atoms with Crippen LogP contribution >= 0.6 is 0 Å². The van der Waals surface area contributed by atoms with Gasteiger partial charge in [0.05, 0.1) is 7.11 Å². The van der Waals surface area contributed by atoms with Gasteiger partial charge in [-0.3, -0.25) is 0 Å². The van der Waals surface area contributed by atoms with Crippen molar-refractivity contribution < 1.29 is 18.3 Å². The molecular formula is C15H21F2NO2. The van der Waals surface area contributed by atoms with Gasteiger partial charge in [0.1, 0.15) is 0 Å². The third-order valence-corrected chi connectivity index (χ3v) is 2.53. The minimum absolute atomic E-state index is 0.0415. The monoisotopic (exact) mass is 285 g/mol. The molecule has 1 aromatic carbocycles. The molecule has 0 aliphatic rings. The molecule has 3 nitrogen and oxygen atoms in total. The van der Waals surface area contributed by atoms with E-state index in [2.05, 4.69) is 23.9 Å². The molecule has 0 bridgehead atoms. The van der Waals surface area contributed by atoms with Crippen molar-refractivity contribution in [2.45, 2.75) is 20.5 Å². The average molecular weight is 285 g/mol. The number of alkyl halides is 2. The van der Waals surface area contributed by atoms with Crippen molar-refractivity contribution in [3.63, 3.8) is 0 Å². The van der Waals surface area contributed by atoms with Crippen LogP contribution in [0.5, 0.6) is 11.5 Å². The fourth-order valence-electron chi connectivity index (χ4n) is 1.64. The predicted octanol–water partition coefficient (Wildman–Crippen LogP) is 3.56. The van der Waals surface area contributed by atoms with Gasteiger partial charge >= 0.3 is 6.61 Å². The van der Waals surface area contributed by atoms with Crippen LogP contribution in [0.15, 0.2) is 24.3 Å². The van der Waals surface area contributed by atoms with Crippen LogP contribution in [0.3, 0.4) is 0 Å². The van der Waals surface area contributed by atoms with E-state index in [-0.39, 0.29) is 5.75 Å². The molecular weight excluding hydrogens is 264 g/mol. The zero-order chi connectivity index (χ0) is 15.0. The van der Waals surface area contributed by atoms with Crippen LogP contribution in [0.1, 0.15) is 19.4 Å². The summed E-state index contributed by atoms with van der Waals surface area (Å²) in [5, 5.41) is 3.26. The van der Waals surface area contributed by atoms with E-state index in [1.165, 1.54) is 13.2 Å². The predicted molar refractivity (Wildman–Crippen MR) is 76.4 cm³/mol. The summed E-state index contributed by atoms with van der Waals surface area (Å²) in [4.78, 5) is 0. The third-order valence-electron chi connectivity index (χ3n) is 2.53. The van der Waals surface area contributed by atoms with Gasteiger partial charge in [0, 0.05) is 6.54 Å². The second kappa shape index (κ2) is 8.53. The quantitative estimate of drug-likeness (QED) is 0.741. The zero-order valence-corrected chi connectivity index (χ0v) is 12.0. The van der Waals surface area contributed by atoms with Crippen LogP contribution in [0.4, 0.5) is 8.78 Å². The van der Waals surface area contributed by atoms with Crippen molar-refractivity contribution in [3.05, 3.63) is 29.8 Å². The lowest BCUT2D eigenvalue weighted by Crippen LogP contribution is -2.19. The van der Waals surface area contributed by atoms with E-state index in [0.29, 0.717) is 11.7 Å². The molecule has 0 radical (unpaired) electrons. The van der Waals surface area contributed by atoms with Crippen molar-refractivity contribution in [3.8, 4) is 11.5 Å². The van der Waals surface area contributed by atoms with Gasteiger partial charge in [-0.25, -0.2) is 0 Å². The zero-order valence-electron chi connectivity index (χ0n) is 12.0. The second-order valence-corrected chi connectivity index (χ2v) is 4.74. The Bertz CT molecular complexity index is 434. The van der Waals surface area contributed by atoms with Gasteiger partial charge in [-0.05, 0) is 30.2 Å². The van der Waals surface area contributed by atoms with Crippen LogP contribution in [-0.4, -0.2) is 26.8 Å². The standard InChI is InChI=1S/C15H21F2NO2/c1-11(2)10-18-8-4-5-12-6-7-13(19-3)14(9-12)20-15(16)17/h4-7,9,11,15,18H,8,10H2,1-3H3. The molecule has 0 aromatic heterocycles. The van der Waals surface area contributed by atoms with Crippen molar-refractivity contribution >= 4 is 6.08 Å². The number of hydrogen-bond acceptors (Lipinski definition) is 3. The van der Waals surface area contributed by atoms with Gasteiger partial charge in [-0.15, -0.1) is 0 Å². The summed E-state index contributed by atoms with van der Waals surface area (Å²) in [7, 11) is 1.42. The Balaban J connectivity index is 2.64. The normalized spacial score (nSPS) is 11.6. The molecule has 1 aromatic rings. The summed E-state index contributed by atoms with van der Waals surface area (Å²) < 4.78 is 34.0. The first-order valence-electron chi connectivity index (χ1n) is 6.53. The Hall–Kier alpha value is -1.62. The molecule has 5 heteroatoms. The summed E-state index contributed by atoms with van der Waals surface area (Å²) >= 11 is 0. The van der Waals surface area contributed by atoms with Crippen LogP contribution < -0.4 is 14.8 Å². The van der Waals surface area contributed by atoms with Gasteiger partial charge in [0.15, 0.2) is 11.5 Å². The molecule has 0 spiro atoms. The Kier molecular flexibility index (Phi) is 7.01. The fourth-order valence-corrected chi connectivity index (χ4v) is 1.64. The van der Waals surface area contributed by atoms with Crippen molar-refractivity contribution in [1.29, 1.82) is 0 Å². The molecule has 1 N–H and O–H groups in total. The maximum Gasteiger partial charge on any atom is 0.387 e. The summed E-state index contributed by atoms with van der Waals surface area (Å²) in [6.45, 7) is 3.07. The Morgan fingerprint density at radius 1 is 1.25 bits per heavy atom. The van der Waals surface area contributed by atoms with Crippen molar-refractivity contribution in [2.24, 2.45) is 5.92 Å². The Morgan fingerprint density at radius 2 is 2.00 bits per heavy atom. The van der Waals surface area contributed by atoms with Crippen LogP contribution in [0.2, 0.25) is 0 Å². The van der Waals surface area contributed by atoms with Crippen LogP contribution in [0.25, 0.3) is 6.08 Å². The number of ether oxygens (including phenoxy) is 2. The van der Waals surface area contributed by atoms with E-state index in [9.17, 15) is 8.78 Å². The van der Waals surface area contributed by atoms with E-state index >= 15 is 0 Å². The van der Waals surface area contributed by atoms with Gasteiger partial charge in [0.25, 0.3) is 0 Å². The number of hydrogen-bond donors (Lipinski definition) is 1. The molecule has 0 unspecified atom stereocenters. The van der Waals surface area contributed by atoms with Crippen LogP contribution in [0, 0.1) is 5.92 Å². The van der Waals surface area contributed by atoms with Gasteiger partial charge < -0.3 is 14.8 Å². The summed E-state index contributed by atoms with van der Waals surface area (Å²) in [5.74, 6) is 0.926. The van der Waals surface area contributed by atoms with Gasteiger partial charge in [-0.1, -0.05) is 32.1 Å². The minimum Gasteiger partial charge on any atom is -0.493 e. The first-order chi connectivity index (χ1) is 9.52. The maximum absolute atomic E-state index is 12.3. The highest BCUT2D eigenvalue weighted by atomic mass is 19.3. The Labute approximate surface area is 118 Å². The summed E-state index contributed by atoms with van der Waals surface area (Å²) in [6.07, 6.45) is 3.79. The molecule has 0 saturated carbocycles.